The highest BCUT2D eigenvalue weighted by Crippen LogP contribution is 2.41. The number of hydrogen-bond acceptors (Lipinski definition) is 11. The molecule has 4 bridgehead atoms. The SMILES string of the molecule is CO[C@H]1CN(C)C(=O)[C@@H]2CC(CN2c2nc(N3CCC3(C)C(=O)N3CC(F)C3)nc3c2cnn3-c2ccc(F)cc2F)Nc2cccc(n2)-c2cc(F)cc3nc(C)n(c23)C1. The molecule has 4 aliphatic rings. The van der Waals surface area contributed by atoms with Crippen molar-refractivity contribution in [3.8, 4) is 16.9 Å². The lowest BCUT2D eigenvalue weighted by Gasteiger charge is -2.52. The number of hydrogen-bond donors (Lipinski definition) is 1. The van der Waals surface area contributed by atoms with Gasteiger partial charge in [0.1, 0.15) is 52.5 Å². The number of ether oxygens (including phenoxy) is 1. The van der Waals surface area contributed by atoms with Crippen molar-refractivity contribution in [1.29, 1.82) is 0 Å². The molecule has 4 aromatic heterocycles. The number of nitrogens with zero attached hydrogens (tertiary/aromatic N) is 11. The fraction of sp³-hybridized carbons (Fsp3) is 0.405. The number of carbonyl (C=O) groups is 2. The lowest BCUT2D eigenvalue weighted by atomic mass is 9.84. The minimum atomic E-state index is -1.10. The Labute approximate surface area is 346 Å². The zero-order chi connectivity index (χ0) is 42.5. The number of aromatic nitrogens is 7. The van der Waals surface area contributed by atoms with Crippen LogP contribution in [0.25, 0.3) is 39.0 Å². The van der Waals surface area contributed by atoms with Gasteiger partial charge < -0.3 is 34.2 Å². The molecular formula is C42H42F4N12O3. The second-order valence-corrected chi connectivity index (χ2v) is 16.5. The molecule has 0 spiro atoms. The molecule has 4 atom stereocenters. The normalized spacial score (nSPS) is 23.2. The molecule has 316 valence electrons. The first-order valence-corrected chi connectivity index (χ1v) is 20.2. The zero-order valence-corrected chi connectivity index (χ0v) is 33.8. The highest BCUT2D eigenvalue weighted by Gasteiger charge is 2.53. The van der Waals surface area contributed by atoms with E-state index in [1.54, 1.807) is 36.9 Å². The van der Waals surface area contributed by atoms with Crippen molar-refractivity contribution in [1.82, 2.24) is 44.1 Å². The summed E-state index contributed by atoms with van der Waals surface area (Å²) < 4.78 is 67.8. The smallest absolute Gasteiger partial charge is 0.248 e. The molecule has 61 heavy (non-hydrogen) atoms. The van der Waals surface area contributed by atoms with Crippen molar-refractivity contribution in [2.75, 3.05) is 62.0 Å². The third-order valence-corrected chi connectivity index (χ3v) is 12.6. The Bertz CT molecular complexity index is 2760. The van der Waals surface area contributed by atoms with Crippen LogP contribution in [0.4, 0.5) is 35.1 Å². The number of carbonyl (C=O) groups excluding carboxylic acids is 2. The summed E-state index contributed by atoms with van der Waals surface area (Å²) in [6.07, 6.45) is 0.652. The summed E-state index contributed by atoms with van der Waals surface area (Å²) in [5.74, 6) is -1.00. The average Bonchev–Trinajstić information content (AvgIpc) is 3.92. The third kappa shape index (κ3) is 6.39. The molecule has 8 heterocycles. The van der Waals surface area contributed by atoms with Crippen LogP contribution in [-0.2, 0) is 20.9 Å². The van der Waals surface area contributed by atoms with E-state index >= 15 is 8.78 Å². The second kappa shape index (κ2) is 14.4. The molecule has 0 aliphatic carbocycles. The largest absolute Gasteiger partial charge is 0.378 e. The van der Waals surface area contributed by atoms with Gasteiger partial charge in [-0.2, -0.15) is 15.1 Å². The molecule has 1 N–H and O–H groups in total. The summed E-state index contributed by atoms with van der Waals surface area (Å²) in [6.45, 7) is 4.73. The van der Waals surface area contributed by atoms with Crippen molar-refractivity contribution in [3.05, 3.63) is 78.0 Å². The predicted octanol–water partition coefficient (Wildman–Crippen LogP) is 4.65. The molecule has 10 rings (SSSR count). The maximum Gasteiger partial charge on any atom is 0.248 e. The van der Waals surface area contributed by atoms with Crippen molar-refractivity contribution < 1.29 is 31.9 Å². The first-order valence-electron chi connectivity index (χ1n) is 20.2. The standard InChI is InChI=1S/C42H42F4N12O3/c1-22-48-32-14-24(44)12-28-31-6-5-7-35(50-31)49-26-15-34(39(59)53(3)20-27(61-4)21-55(22)36(28)32)56(19-26)37-29-16-47-58(33-9-8-23(43)13-30(33)46)38(29)52-41(51-37)57-11-10-42(57,2)40(60)54-17-25(45)18-54/h5-9,12-14,16,25-27,34H,10-11,15,17-21H2,1-4H3,(H,49,50)/t26?,27-,34-,42?/m0/s1. The highest BCUT2D eigenvalue weighted by atomic mass is 19.1. The van der Waals surface area contributed by atoms with E-state index in [4.69, 9.17) is 19.7 Å². The van der Waals surface area contributed by atoms with Gasteiger partial charge in [-0.3, -0.25) is 9.59 Å². The third-order valence-electron chi connectivity index (χ3n) is 12.6. The van der Waals surface area contributed by atoms with Crippen molar-refractivity contribution >= 4 is 51.5 Å². The van der Waals surface area contributed by atoms with Gasteiger partial charge in [0, 0.05) is 57.5 Å². The van der Waals surface area contributed by atoms with Crippen LogP contribution >= 0.6 is 0 Å². The van der Waals surface area contributed by atoms with E-state index in [0.29, 0.717) is 71.1 Å². The summed E-state index contributed by atoms with van der Waals surface area (Å²) >= 11 is 0. The Hall–Kier alpha value is -6.37. The molecule has 0 saturated carbocycles. The number of rotatable bonds is 5. The molecule has 3 saturated heterocycles. The quantitative estimate of drug-likeness (QED) is 0.243. The maximum atomic E-state index is 15.4. The number of methoxy groups -OCH3 is 1. The number of amides is 2. The first kappa shape index (κ1) is 38.8. The fourth-order valence-corrected chi connectivity index (χ4v) is 9.20. The van der Waals surface area contributed by atoms with Crippen molar-refractivity contribution in [3.63, 3.8) is 0 Å². The molecule has 6 aromatic rings. The molecule has 2 amide bonds. The zero-order valence-electron chi connectivity index (χ0n) is 33.8. The minimum Gasteiger partial charge on any atom is -0.378 e. The van der Waals surface area contributed by atoms with Crippen LogP contribution in [0.3, 0.4) is 0 Å². The van der Waals surface area contributed by atoms with Crippen LogP contribution in [0.15, 0.2) is 54.7 Å². The summed E-state index contributed by atoms with van der Waals surface area (Å²) in [5, 5.41) is 8.40. The number of benzene rings is 2. The van der Waals surface area contributed by atoms with E-state index in [2.05, 4.69) is 15.4 Å². The number of imidazole rings is 1. The topological polar surface area (TPSA) is 143 Å². The molecule has 0 radical (unpaired) electrons. The van der Waals surface area contributed by atoms with Crippen LogP contribution in [0.2, 0.25) is 0 Å². The Morgan fingerprint density at radius 1 is 0.967 bits per heavy atom. The number of pyridine rings is 1. The molecule has 19 heteroatoms. The van der Waals surface area contributed by atoms with Gasteiger partial charge in [-0.15, -0.1) is 0 Å². The van der Waals surface area contributed by atoms with E-state index in [1.807, 2.05) is 28.5 Å². The summed E-state index contributed by atoms with van der Waals surface area (Å²) in [4.78, 5) is 54.9. The molecule has 2 unspecified atom stereocenters. The van der Waals surface area contributed by atoms with E-state index < -0.39 is 41.3 Å². The molecule has 15 nitrogen and oxygen atoms in total. The van der Waals surface area contributed by atoms with Gasteiger partial charge in [0.05, 0.1) is 54.0 Å². The Balaban J connectivity index is 1.10. The van der Waals surface area contributed by atoms with Gasteiger partial charge in [-0.1, -0.05) is 6.07 Å². The van der Waals surface area contributed by atoms with Crippen molar-refractivity contribution in [2.24, 2.45) is 0 Å². The number of likely N-dealkylation sites (N-methyl/N-ethyl adjacent to an activating group) is 1. The molecule has 3 fully saturated rings. The van der Waals surface area contributed by atoms with Crippen LogP contribution < -0.4 is 15.1 Å². The van der Waals surface area contributed by atoms with Gasteiger partial charge >= 0.3 is 0 Å². The Morgan fingerprint density at radius 2 is 1.79 bits per heavy atom. The van der Waals surface area contributed by atoms with Gasteiger partial charge in [-0.25, -0.2) is 32.2 Å². The number of anilines is 3. The van der Waals surface area contributed by atoms with Gasteiger partial charge in [0.15, 0.2) is 11.5 Å². The molecular weight excluding hydrogens is 797 g/mol. The number of nitrogens with one attached hydrogen (secondary N) is 1. The highest BCUT2D eigenvalue weighted by molar-refractivity contribution is 5.96. The van der Waals surface area contributed by atoms with E-state index in [-0.39, 0.29) is 61.3 Å². The van der Waals surface area contributed by atoms with Crippen LogP contribution in [-0.4, -0.2) is 133 Å². The number of likely N-dealkylation sites (tertiary alicyclic amines) is 1. The monoisotopic (exact) mass is 838 g/mol. The minimum absolute atomic E-state index is 0.000845. The fourth-order valence-electron chi connectivity index (χ4n) is 9.20. The average molecular weight is 839 g/mol. The van der Waals surface area contributed by atoms with Crippen molar-refractivity contribution in [2.45, 2.75) is 63.1 Å². The summed E-state index contributed by atoms with van der Waals surface area (Å²) in [5.41, 5.74) is 1.25. The first-order chi connectivity index (χ1) is 29.3. The van der Waals surface area contributed by atoms with E-state index in [1.165, 1.54) is 34.0 Å². The van der Waals surface area contributed by atoms with Gasteiger partial charge in [-0.05, 0) is 57.0 Å². The van der Waals surface area contributed by atoms with Crippen LogP contribution in [0, 0.1) is 24.4 Å². The molecule has 4 aliphatic heterocycles. The van der Waals surface area contributed by atoms with Gasteiger partial charge in [0.2, 0.25) is 17.8 Å². The number of fused-ring (bicyclic) bond motifs is 6. The Kier molecular flexibility index (Phi) is 9.15. The number of aryl methyl sites for hydroxylation is 1. The maximum absolute atomic E-state index is 15.4. The van der Waals surface area contributed by atoms with E-state index in [9.17, 15) is 18.4 Å². The summed E-state index contributed by atoms with van der Waals surface area (Å²) in [7, 11) is 3.28. The predicted molar refractivity (Wildman–Crippen MR) is 218 cm³/mol. The lowest BCUT2D eigenvalue weighted by Crippen LogP contribution is -2.70. The van der Waals surface area contributed by atoms with E-state index in [0.717, 1.165) is 12.1 Å². The van der Waals surface area contributed by atoms with Crippen LogP contribution in [0.5, 0.6) is 0 Å². The Morgan fingerprint density at radius 3 is 2.52 bits per heavy atom. The summed E-state index contributed by atoms with van der Waals surface area (Å²) in [6, 6.07) is 10.2. The van der Waals surface area contributed by atoms with Gasteiger partial charge in [0.25, 0.3) is 0 Å². The molecule has 2 aromatic carbocycles. The lowest BCUT2D eigenvalue weighted by molar-refractivity contribution is -0.146. The number of halogens is 4. The second-order valence-electron chi connectivity index (χ2n) is 16.5. The van der Waals surface area contributed by atoms with Crippen LogP contribution in [0.1, 0.15) is 25.6 Å². The number of alkyl halides is 1.